The minimum atomic E-state index is -3.61. The second kappa shape index (κ2) is 8.98. The van der Waals surface area contributed by atoms with E-state index in [1.165, 1.54) is 22.5 Å². The standard InChI is InChI=1S/C17H25ClN2O4S/c1-13-6-9-20(10-7-13)25(22,23)14-4-5-16(18)15(12-14)17(21)19-8-3-11-24-2/h4-5,12-13H,3,6-11H2,1-2H3,(H,19,21). The molecule has 1 N–H and O–H groups in total. The Morgan fingerprint density at radius 3 is 2.68 bits per heavy atom. The van der Waals surface area contributed by atoms with Gasteiger partial charge in [-0.3, -0.25) is 4.79 Å². The molecule has 1 aliphatic heterocycles. The minimum absolute atomic E-state index is 0.105. The Labute approximate surface area is 154 Å². The van der Waals surface area contributed by atoms with E-state index in [-0.39, 0.29) is 21.4 Å². The van der Waals surface area contributed by atoms with Gasteiger partial charge in [0.1, 0.15) is 0 Å². The van der Waals surface area contributed by atoms with E-state index in [2.05, 4.69) is 12.2 Å². The molecule has 6 nitrogen and oxygen atoms in total. The number of nitrogens with zero attached hydrogens (tertiary/aromatic N) is 1. The number of halogens is 1. The van der Waals surface area contributed by atoms with Crippen molar-refractivity contribution < 1.29 is 17.9 Å². The molecular formula is C17H25ClN2O4S. The van der Waals surface area contributed by atoms with Gasteiger partial charge in [-0.15, -0.1) is 0 Å². The molecular weight excluding hydrogens is 364 g/mol. The van der Waals surface area contributed by atoms with Crippen molar-refractivity contribution in [3.05, 3.63) is 28.8 Å². The molecule has 2 rings (SSSR count). The Morgan fingerprint density at radius 2 is 2.04 bits per heavy atom. The molecule has 1 fully saturated rings. The van der Waals surface area contributed by atoms with Crippen molar-refractivity contribution >= 4 is 27.5 Å². The fraction of sp³-hybridized carbons (Fsp3) is 0.588. The van der Waals surface area contributed by atoms with Crippen molar-refractivity contribution in [2.45, 2.75) is 31.1 Å². The van der Waals surface area contributed by atoms with Crippen LogP contribution in [0.25, 0.3) is 0 Å². The highest BCUT2D eigenvalue weighted by molar-refractivity contribution is 7.89. The first-order valence-electron chi connectivity index (χ1n) is 8.43. The number of carbonyl (C=O) groups is 1. The molecule has 25 heavy (non-hydrogen) atoms. The van der Waals surface area contributed by atoms with Crippen LogP contribution < -0.4 is 5.32 Å². The highest BCUT2D eigenvalue weighted by Gasteiger charge is 2.29. The van der Waals surface area contributed by atoms with Gasteiger partial charge in [-0.2, -0.15) is 4.31 Å². The van der Waals surface area contributed by atoms with Crippen molar-refractivity contribution in [3.63, 3.8) is 0 Å². The van der Waals surface area contributed by atoms with E-state index in [1.807, 2.05) is 0 Å². The zero-order chi connectivity index (χ0) is 18.4. The number of carbonyl (C=O) groups excluding carboxylic acids is 1. The number of hydrogen-bond donors (Lipinski definition) is 1. The summed E-state index contributed by atoms with van der Waals surface area (Å²) in [6, 6.07) is 4.28. The summed E-state index contributed by atoms with van der Waals surface area (Å²) in [6.07, 6.45) is 2.36. The molecule has 1 heterocycles. The van der Waals surface area contributed by atoms with E-state index < -0.39 is 10.0 Å². The molecule has 1 amide bonds. The molecule has 1 aromatic carbocycles. The smallest absolute Gasteiger partial charge is 0.252 e. The number of piperidine rings is 1. The lowest BCUT2D eigenvalue weighted by molar-refractivity contribution is 0.0948. The largest absolute Gasteiger partial charge is 0.385 e. The van der Waals surface area contributed by atoms with Gasteiger partial charge in [-0.1, -0.05) is 18.5 Å². The van der Waals surface area contributed by atoms with Crippen LogP contribution in [0, 0.1) is 5.92 Å². The summed E-state index contributed by atoms with van der Waals surface area (Å²) in [6.45, 7) is 4.10. The van der Waals surface area contributed by atoms with E-state index in [0.29, 0.717) is 38.6 Å². The van der Waals surface area contributed by atoms with Gasteiger partial charge in [0.25, 0.3) is 5.91 Å². The molecule has 0 bridgehead atoms. The summed E-state index contributed by atoms with van der Waals surface area (Å²) in [5.41, 5.74) is 0.172. The van der Waals surface area contributed by atoms with Crippen molar-refractivity contribution in [3.8, 4) is 0 Å². The van der Waals surface area contributed by atoms with Crippen LogP contribution in [0.4, 0.5) is 0 Å². The Morgan fingerprint density at radius 1 is 1.36 bits per heavy atom. The van der Waals surface area contributed by atoms with E-state index in [0.717, 1.165) is 12.8 Å². The van der Waals surface area contributed by atoms with Crippen LogP contribution in [0.3, 0.4) is 0 Å². The molecule has 140 valence electrons. The number of hydrogen-bond acceptors (Lipinski definition) is 4. The van der Waals surface area contributed by atoms with Gasteiger partial charge < -0.3 is 10.1 Å². The lowest BCUT2D eigenvalue weighted by Crippen LogP contribution is -2.38. The lowest BCUT2D eigenvalue weighted by atomic mass is 10.0. The number of methoxy groups -OCH3 is 1. The number of rotatable bonds is 7. The molecule has 0 saturated carbocycles. The molecule has 0 radical (unpaired) electrons. The van der Waals surface area contributed by atoms with Crippen LogP contribution in [0.5, 0.6) is 0 Å². The fourth-order valence-electron chi connectivity index (χ4n) is 2.73. The third-order valence-corrected chi connectivity index (χ3v) is 6.60. The number of ether oxygens (including phenoxy) is 1. The Balaban J connectivity index is 2.15. The van der Waals surface area contributed by atoms with Crippen molar-refractivity contribution in [1.82, 2.24) is 9.62 Å². The van der Waals surface area contributed by atoms with Crippen LogP contribution in [0.1, 0.15) is 36.5 Å². The predicted molar refractivity (Wildman–Crippen MR) is 97.4 cm³/mol. The summed E-state index contributed by atoms with van der Waals surface area (Å²) in [4.78, 5) is 12.4. The second-order valence-electron chi connectivity index (χ2n) is 6.33. The quantitative estimate of drug-likeness (QED) is 0.728. The highest BCUT2D eigenvalue weighted by atomic mass is 35.5. The normalized spacial score (nSPS) is 16.8. The zero-order valence-electron chi connectivity index (χ0n) is 14.6. The van der Waals surface area contributed by atoms with Crippen LogP contribution >= 0.6 is 11.6 Å². The van der Waals surface area contributed by atoms with Crippen molar-refractivity contribution in [2.24, 2.45) is 5.92 Å². The average molecular weight is 389 g/mol. The molecule has 0 atom stereocenters. The van der Waals surface area contributed by atoms with Gasteiger partial charge in [-0.25, -0.2) is 8.42 Å². The first-order chi connectivity index (χ1) is 11.9. The van der Waals surface area contributed by atoms with Gasteiger partial charge in [0, 0.05) is 33.4 Å². The SMILES string of the molecule is COCCCNC(=O)c1cc(S(=O)(=O)N2CCC(C)CC2)ccc1Cl. The molecule has 0 unspecified atom stereocenters. The highest BCUT2D eigenvalue weighted by Crippen LogP contribution is 2.26. The maximum Gasteiger partial charge on any atom is 0.252 e. The van der Waals surface area contributed by atoms with Crippen molar-refractivity contribution in [1.29, 1.82) is 0 Å². The van der Waals surface area contributed by atoms with Gasteiger partial charge in [-0.05, 0) is 43.4 Å². The van der Waals surface area contributed by atoms with Gasteiger partial charge in [0.2, 0.25) is 10.0 Å². The average Bonchev–Trinajstić information content (AvgIpc) is 2.59. The maximum absolute atomic E-state index is 12.8. The number of benzene rings is 1. The van der Waals surface area contributed by atoms with Gasteiger partial charge >= 0.3 is 0 Å². The van der Waals surface area contributed by atoms with E-state index in [9.17, 15) is 13.2 Å². The van der Waals surface area contributed by atoms with Crippen LogP contribution in [0.15, 0.2) is 23.1 Å². The molecule has 1 aromatic rings. The molecule has 8 heteroatoms. The second-order valence-corrected chi connectivity index (χ2v) is 8.68. The Hall–Kier alpha value is -1.15. The zero-order valence-corrected chi connectivity index (χ0v) is 16.2. The Kier molecular flexibility index (Phi) is 7.25. The molecule has 1 saturated heterocycles. The van der Waals surface area contributed by atoms with E-state index in [4.69, 9.17) is 16.3 Å². The number of sulfonamides is 1. The minimum Gasteiger partial charge on any atom is -0.385 e. The fourth-order valence-corrected chi connectivity index (χ4v) is 4.43. The van der Waals surface area contributed by atoms with Crippen LogP contribution in [0.2, 0.25) is 5.02 Å². The summed E-state index contributed by atoms with van der Waals surface area (Å²) >= 11 is 6.09. The maximum atomic E-state index is 12.8. The topological polar surface area (TPSA) is 75.7 Å². The monoisotopic (exact) mass is 388 g/mol. The summed E-state index contributed by atoms with van der Waals surface area (Å²) < 4.78 is 32.0. The summed E-state index contributed by atoms with van der Waals surface area (Å²) in [5.74, 6) is 0.149. The lowest BCUT2D eigenvalue weighted by Gasteiger charge is -2.29. The summed E-state index contributed by atoms with van der Waals surface area (Å²) in [5, 5.41) is 2.96. The van der Waals surface area contributed by atoms with E-state index in [1.54, 1.807) is 7.11 Å². The first kappa shape index (κ1) is 20.2. The Bertz CT molecular complexity index is 701. The van der Waals surface area contributed by atoms with E-state index >= 15 is 0 Å². The van der Waals surface area contributed by atoms with Crippen molar-refractivity contribution in [2.75, 3.05) is 33.4 Å². The number of amides is 1. The van der Waals surface area contributed by atoms with Gasteiger partial charge in [0.05, 0.1) is 15.5 Å². The molecule has 1 aliphatic rings. The molecule has 0 spiro atoms. The number of nitrogens with one attached hydrogen (secondary N) is 1. The summed E-state index contributed by atoms with van der Waals surface area (Å²) in [7, 11) is -2.02. The molecule has 0 aliphatic carbocycles. The molecule has 0 aromatic heterocycles. The van der Waals surface area contributed by atoms with Crippen LogP contribution in [-0.4, -0.2) is 52.0 Å². The first-order valence-corrected chi connectivity index (χ1v) is 10.2. The third kappa shape index (κ3) is 5.17. The van der Waals surface area contributed by atoms with Gasteiger partial charge in [0.15, 0.2) is 0 Å². The predicted octanol–water partition coefficient (Wildman–Crippen LogP) is 2.53. The third-order valence-electron chi connectivity index (χ3n) is 4.37. The van der Waals surface area contributed by atoms with Crippen LogP contribution in [-0.2, 0) is 14.8 Å².